The van der Waals surface area contributed by atoms with Crippen LogP contribution < -0.4 is 0 Å². The Kier molecular flexibility index (Phi) is 8.43. The van der Waals surface area contributed by atoms with Gasteiger partial charge in [0.25, 0.3) is 0 Å². The molecule has 2 atom stereocenters. The lowest BCUT2D eigenvalue weighted by atomic mass is 10.0. The molecule has 0 aliphatic heterocycles. The van der Waals surface area contributed by atoms with Gasteiger partial charge in [-0.2, -0.15) is 0 Å². The van der Waals surface area contributed by atoms with Crippen molar-refractivity contribution in [2.45, 2.75) is 64.5 Å². The Hall–Kier alpha value is -0.0631. The molecule has 5 heteroatoms. The Morgan fingerprint density at radius 3 is 2.18 bits per heavy atom. The van der Waals surface area contributed by atoms with E-state index in [1.54, 1.807) is 7.11 Å². The van der Waals surface area contributed by atoms with Crippen LogP contribution in [0.4, 0.5) is 0 Å². The molecule has 0 heterocycles. The second kappa shape index (κ2) is 9.29. The van der Waals surface area contributed by atoms with E-state index in [1.807, 2.05) is 18.2 Å². The van der Waals surface area contributed by atoms with E-state index >= 15 is 0 Å². The highest BCUT2D eigenvalue weighted by Gasteiger charge is 2.32. The van der Waals surface area contributed by atoms with Crippen LogP contribution >= 0.6 is 23.2 Å². The third-order valence-electron chi connectivity index (χ3n) is 3.88. The second-order valence-electron chi connectivity index (χ2n) is 6.22. The molecule has 0 saturated heterocycles. The predicted octanol–water partition coefficient (Wildman–Crippen LogP) is 6.48. The van der Waals surface area contributed by atoms with E-state index in [0.29, 0.717) is 10.0 Å². The van der Waals surface area contributed by atoms with E-state index in [9.17, 15) is 0 Å². The zero-order valence-corrected chi connectivity index (χ0v) is 16.8. The molecule has 0 amide bonds. The summed E-state index contributed by atoms with van der Waals surface area (Å²) in [6.07, 6.45) is 3.00. The maximum atomic E-state index is 6.50. The van der Waals surface area contributed by atoms with Gasteiger partial charge in [0.2, 0.25) is 0 Å². The Labute approximate surface area is 146 Å². The Bertz CT molecular complexity index is 446. The smallest absolute Gasteiger partial charge is 0.187 e. The van der Waals surface area contributed by atoms with Gasteiger partial charge in [-0.3, -0.25) is 0 Å². The molecular formula is C17H28Cl2O2Si. The molecule has 0 fully saturated rings. The maximum Gasteiger partial charge on any atom is 0.187 e. The van der Waals surface area contributed by atoms with Crippen LogP contribution in [0.2, 0.25) is 29.2 Å². The first kappa shape index (κ1) is 20.0. The lowest BCUT2D eigenvalue weighted by Gasteiger charge is -2.34. The normalized spacial score (nSPS) is 14.9. The first-order valence-corrected chi connectivity index (χ1v) is 11.9. The average molecular weight is 363 g/mol. The Balaban J connectivity index is 3.00. The van der Waals surface area contributed by atoms with Gasteiger partial charge in [-0.1, -0.05) is 56.0 Å². The third kappa shape index (κ3) is 5.54. The number of unbranched alkanes of at least 4 members (excludes halogenated alkanes) is 1. The van der Waals surface area contributed by atoms with Gasteiger partial charge in [-0.25, -0.2) is 0 Å². The van der Waals surface area contributed by atoms with Crippen molar-refractivity contribution < 1.29 is 9.16 Å². The van der Waals surface area contributed by atoms with Crippen molar-refractivity contribution in [2.24, 2.45) is 0 Å². The van der Waals surface area contributed by atoms with E-state index in [2.05, 4.69) is 26.9 Å². The van der Waals surface area contributed by atoms with Gasteiger partial charge in [0.1, 0.15) is 6.10 Å². The summed E-state index contributed by atoms with van der Waals surface area (Å²) in [5.74, 6) is 0. The SMILES string of the molecule is CCCC[Si](C)(C)O[C@@H](CC)[C@@H](OC)c1c(Cl)cccc1Cl. The minimum absolute atomic E-state index is 0.0269. The van der Waals surface area contributed by atoms with Gasteiger partial charge in [-0.15, -0.1) is 0 Å². The summed E-state index contributed by atoms with van der Waals surface area (Å²) in [6, 6.07) is 6.71. The van der Waals surface area contributed by atoms with Crippen LogP contribution in [0.1, 0.15) is 44.8 Å². The first-order chi connectivity index (χ1) is 10.4. The van der Waals surface area contributed by atoms with E-state index in [4.69, 9.17) is 32.4 Å². The quantitative estimate of drug-likeness (QED) is 0.467. The molecule has 0 bridgehead atoms. The molecule has 0 radical (unpaired) electrons. The predicted molar refractivity (Wildman–Crippen MR) is 98.6 cm³/mol. The number of ether oxygens (including phenoxy) is 1. The highest BCUT2D eigenvalue weighted by atomic mass is 35.5. The Morgan fingerprint density at radius 1 is 1.14 bits per heavy atom. The third-order valence-corrected chi connectivity index (χ3v) is 7.04. The van der Waals surface area contributed by atoms with Crippen LogP contribution in [-0.4, -0.2) is 21.5 Å². The van der Waals surface area contributed by atoms with Crippen molar-refractivity contribution in [1.82, 2.24) is 0 Å². The zero-order chi connectivity index (χ0) is 16.8. The second-order valence-corrected chi connectivity index (χ2v) is 11.3. The molecule has 0 aliphatic rings. The van der Waals surface area contributed by atoms with Gasteiger partial charge in [0.15, 0.2) is 8.32 Å². The lowest BCUT2D eigenvalue weighted by Crippen LogP contribution is -2.38. The topological polar surface area (TPSA) is 18.5 Å². The van der Waals surface area contributed by atoms with Crippen LogP contribution in [0, 0.1) is 0 Å². The monoisotopic (exact) mass is 362 g/mol. The molecule has 0 N–H and O–H groups in total. The molecule has 1 rings (SSSR count). The van der Waals surface area contributed by atoms with Crippen LogP contribution in [0.15, 0.2) is 18.2 Å². The summed E-state index contributed by atoms with van der Waals surface area (Å²) in [7, 11) is -0.0298. The van der Waals surface area contributed by atoms with E-state index in [0.717, 1.165) is 18.0 Å². The van der Waals surface area contributed by atoms with Crippen molar-refractivity contribution in [3.05, 3.63) is 33.8 Å². The standard InChI is InChI=1S/C17H28Cl2O2Si/c1-6-8-12-22(4,5)21-15(7-2)17(20-3)16-13(18)10-9-11-14(16)19/h9-11,15,17H,6-8,12H2,1-5H3/t15-,17+/m0/s1. The minimum Gasteiger partial charge on any atom is -0.411 e. The van der Waals surface area contributed by atoms with Gasteiger partial charge < -0.3 is 9.16 Å². The van der Waals surface area contributed by atoms with Crippen LogP contribution in [0.5, 0.6) is 0 Å². The summed E-state index contributed by atoms with van der Waals surface area (Å²) >= 11 is 12.7. The highest BCUT2D eigenvalue weighted by molar-refractivity contribution is 6.71. The van der Waals surface area contributed by atoms with Crippen molar-refractivity contribution in [2.75, 3.05) is 7.11 Å². The fraction of sp³-hybridized carbons (Fsp3) is 0.647. The number of benzene rings is 1. The summed E-state index contributed by atoms with van der Waals surface area (Å²) < 4.78 is 12.2. The summed E-state index contributed by atoms with van der Waals surface area (Å²) in [4.78, 5) is 0. The number of halogens is 2. The number of hydrogen-bond acceptors (Lipinski definition) is 2. The number of hydrogen-bond donors (Lipinski definition) is 0. The van der Waals surface area contributed by atoms with Crippen molar-refractivity contribution in [3.63, 3.8) is 0 Å². The van der Waals surface area contributed by atoms with E-state index < -0.39 is 8.32 Å². The lowest BCUT2D eigenvalue weighted by molar-refractivity contribution is -0.00577. The molecule has 1 aromatic rings. The maximum absolute atomic E-state index is 6.50. The van der Waals surface area contributed by atoms with Gasteiger partial charge >= 0.3 is 0 Å². The summed E-state index contributed by atoms with van der Waals surface area (Å²) in [5, 5.41) is 1.27. The van der Waals surface area contributed by atoms with Crippen LogP contribution in [-0.2, 0) is 9.16 Å². The number of rotatable bonds is 9. The molecule has 0 spiro atoms. The van der Waals surface area contributed by atoms with Crippen LogP contribution in [0.3, 0.4) is 0 Å². The highest BCUT2D eigenvalue weighted by Crippen LogP contribution is 2.37. The van der Waals surface area contributed by atoms with Gasteiger partial charge in [0, 0.05) is 22.7 Å². The Morgan fingerprint density at radius 2 is 1.73 bits per heavy atom. The molecule has 2 nitrogen and oxygen atoms in total. The largest absolute Gasteiger partial charge is 0.411 e. The van der Waals surface area contributed by atoms with E-state index in [1.165, 1.54) is 12.8 Å². The first-order valence-electron chi connectivity index (χ1n) is 8.00. The average Bonchev–Trinajstić information content (AvgIpc) is 2.47. The summed E-state index contributed by atoms with van der Waals surface area (Å²) in [6.45, 7) is 8.87. The molecular weight excluding hydrogens is 335 g/mol. The molecule has 0 saturated carbocycles. The zero-order valence-electron chi connectivity index (χ0n) is 14.3. The number of methoxy groups -OCH3 is 1. The molecule has 22 heavy (non-hydrogen) atoms. The van der Waals surface area contributed by atoms with Crippen molar-refractivity contribution >= 4 is 31.5 Å². The van der Waals surface area contributed by atoms with Crippen molar-refractivity contribution in [3.8, 4) is 0 Å². The van der Waals surface area contributed by atoms with Crippen LogP contribution in [0.25, 0.3) is 0 Å². The molecule has 0 unspecified atom stereocenters. The molecule has 0 aromatic heterocycles. The van der Waals surface area contributed by atoms with Crippen molar-refractivity contribution in [1.29, 1.82) is 0 Å². The van der Waals surface area contributed by atoms with Gasteiger partial charge in [0.05, 0.1) is 6.10 Å². The summed E-state index contributed by atoms with van der Waals surface area (Å²) in [5.41, 5.74) is 0.834. The molecule has 0 aliphatic carbocycles. The fourth-order valence-corrected chi connectivity index (χ4v) is 5.71. The molecule has 126 valence electrons. The minimum atomic E-state index is -1.72. The van der Waals surface area contributed by atoms with E-state index in [-0.39, 0.29) is 12.2 Å². The van der Waals surface area contributed by atoms with Gasteiger partial charge in [-0.05, 0) is 37.7 Å². The fourth-order valence-electron chi connectivity index (χ4n) is 2.67. The molecule has 1 aromatic carbocycles.